The Morgan fingerprint density at radius 2 is 2.19 bits per heavy atom. The maximum atomic E-state index is 13.4. The van der Waals surface area contributed by atoms with Crippen LogP contribution in [0.4, 0.5) is 4.39 Å². The van der Waals surface area contributed by atoms with Crippen molar-refractivity contribution >= 4 is 11.3 Å². The second-order valence-corrected chi connectivity index (χ2v) is 6.49. The zero-order chi connectivity index (χ0) is 15.2. The highest BCUT2D eigenvalue weighted by atomic mass is 32.1. The van der Waals surface area contributed by atoms with Crippen LogP contribution in [0.15, 0.2) is 23.6 Å². The summed E-state index contributed by atoms with van der Waals surface area (Å²) in [6.45, 7) is 8.14. The molecule has 5 heteroatoms. The molecule has 0 bridgehead atoms. The third-order valence-corrected chi connectivity index (χ3v) is 3.76. The average molecular weight is 308 g/mol. The third kappa shape index (κ3) is 5.10. The number of ether oxygens (including phenoxy) is 1. The first-order chi connectivity index (χ1) is 10.0. The van der Waals surface area contributed by atoms with Gasteiger partial charge in [0.2, 0.25) is 0 Å². The van der Waals surface area contributed by atoms with Gasteiger partial charge in [-0.25, -0.2) is 9.37 Å². The number of nitrogens with one attached hydrogen (secondary N) is 1. The lowest BCUT2D eigenvalue weighted by Crippen LogP contribution is -2.19. The molecule has 0 spiro atoms. The summed E-state index contributed by atoms with van der Waals surface area (Å²) in [7, 11) is 0. The minimum atomic E-state index is -0.242. The second-order valence-electron chi connectivity index (χ2n) is 5.42. The minimum absolute atomic E-state index is 0.242. The highest BCUT2D eigenvalue weighted by molar-refractivity contribution is 7.09. The van der Waals surface area contributed by atoms with Crippen molar-refractivity contribution in [2.45, 2.75) is 33.9 Å². The molecule has 0 fully saturated rings. The Kier molecular flexibility index (Phi) is 5.70. The lowest BCUT2D eigenvalue weighted by Gasteiger charge is -2.13. The summed E-state index contributed by atoms with van der Waals surface area (Å²) in [5.41, 5.74) is 1.74. The number of halogens is 1. The van der Waals surface area contributed by atoms with Crippen LogP contribution in [0.3, 0.4) is 0 Å². The Bertz CT molecular complexity index is 583. The van der Waals surface area contributed by atoms with Crippen molar-refractivity contribution in [1.82, 2.24) is 10.3 Å². The molecule has 2 rings (SSSR count). The molecule has 0 radical (unpaired) electrons. The highest BCUT2D eigenvalue weighted by Crippen LogP contribution is 2.21. The standard InChI is InChI=1S/C16H21FN2OS/c1-11(2)7-18-8-13-6-14(17)4-5-16(13)20-9-15-10-21-12(3)19-15/h4-6,10-11,18H,7-9H2,1-3H3. The fourth-order valence-electron chi connectivity index (χ4n) is 1.95. The Hall–Kier alpha value is -1.46. The molecule has 0 aliphatic heterocycles. The number of hydrogen-bond donors (Lipinski definition) is 1. The van der Waals surface area contributed by atoms with Crippen molar-refractivity contribution in [2.24, 2.45) is 5.92 Å². The maximum absolute atomic E-state index is 13.4. The zero-order valence-corrected chi connectivity index (χ0v) is 13.5. The van der Waals surface area contributed by atoms with Crippen LogP contribution in [0.2, 0.25) is 0 Å². The first-order valence-corrected chi connectivity index (χ1v) is 7.95. The fourth-order valence-corrected chi connectivity index (χ4v) is 2.55. The number of aryl methyl sites for hydroxylation is 1. The Morgan fingerprint density at radius 1 is 1.38 bits per heavy atom. The lowest BCUT2D eigenvalue weighted by molar-refractivity contribution is 0.297. The molecule has 1 heterocycles. The Balaban J connectivity index is 2.00. The molecule has 1 N–H and O–H groups in total. The summed E-state index contributed by atoms with van der Waals surface area (Å²) in [6, 6.07) is 4.63. The maximum Gasteiger partial charge on any atom is 0.131 e. The molecule has 1 aromatic heterocycles. The van der Waals surface area contributed by atoms with Crippen molar-refractivity contribution in [3.8, 4) is 5.75 Å². The van der Waals surface area contributed by atoms with Gasteiger partial charge in [-0.1, -0.05) is 13.8 Å². The van der Waals surface area contributed by atoms with Gasteiger partial charge in [0, 0.05) is 17.5 Å². The molecule has 2 aromatic rings. The smallest absolute Gasteiger partial charge is 0.131 e. The first kappa shape index (κ1) is 15.9. The van der Waals surface area contributed by atoms with Crippen LogP contribution in [0.1, 0.15) is 30.1 Å². The van der Waals surface area contributed by atoms with Gasteiger partial charge in [-0.15, -0.1) is 11.3 Å². The van der Waals surface area contributed by atoms with Crippen LogP contribution in [-0.4, -0.2) is 11.5 Å². The predicted octanol–water partition coefficient (Wildman–Crippen LogP) is 3.92. The third-order valence-electron chi connectivity index (χ3n) is 2.93. The number of rotatable bonds is 7. The van der Waals surface area contributed by atoms with Gasteiger partial charge in [-0.3, -0.25) is 0 Å². The summed E-state index contributed by atoms with van der Waals surface area (Å²) < 4.78 is 19.2. The van der Waals surface area contributed by atoms with Gasteiger partial charge in [0.1, 0.15) is 18.2 Å². The van der Waals surface area contributed by atoms with Crippen molar-refractivity contribution < 1.29 is 9.13 Å². The average Bonchev–Trinajstić information content (AvgIpc) is 2.83. The Morgan fingerprint density at radius 3 is 2.86 bits per heavy atom. The number of hydrogen-bond acceptors (Lipinski definition) is 4. The van der Waals surface area contributed by atoms with Crippen molar-refractivity contribution in [3.05, 3.63) is 45.7 Å². The number of thiazole rings is 1. The second kappa shape index (κ2) is 7.52. The number of benzene rings is 1. The molecule has 1 aromatic carbocycles. The van der Waals surface area contributed by atoms with E-state index in [0.717, 1.165) is 22.8 Å². The summed E-state index contributed by atoms with van der Waals surface area (Å²) in [6.07, 6.45) is 0. The summed E-state index contributed by atoms with van der Waals surface area (Å²) >= 11 is 1.60. The molecule has 0 saturated carbocycles. The van der Waals surface area contributed by atoms with Gasteiger partial charge >= 0.3 is 0 Å². The summed E-state index contributed by atoms with van der Waals surface area (Å²) in [4.78, 5) is 4.36. The van der Waals surface area contributed by atoms with Crippen molar-refractivity contribution in [3.63, 3.8) is 0 Å². The van der Waals surface area contributed by atoms with Crippen LogP contribution in [-0.2, 0) is 13.2 Å². The normalized spacial score (nSPS) is 11.1. The van der Waals surface area contributed by atoms with Crippen LogP contribution in [0.5, 0.6) is 5.75 Å². The van der Waals surface area contributed by atoms with E-state index < -0.39 is 0 Å². The highest BCUT2D eigenvalue weighted by Gasteiger charge is 2.07. The predicted molar refractivity (Wildman–Crippen MR) is 84.1 cm³/mol. The van der Waals surface area contributed by atoms with Crippen molar-refractivity contribution in [2.75, 3.05) is 6.54 Å². The van der Waals surface area contributed by atoms with E-state index in [4.69, 9.17) is 4.74 Å². The molecule has 21 heavy (non-hydrogen) atoms. The monoisotopic (exact) mass is 308 g/mol. The lowest BCUT2D eigenvalue weighted by atomic mass is 10.1. The van der Waals surface area contributed by atoms with E-state index in [1.807, 2.05) is 12.3 Å². The van der Waals surface area contributed by atoms with Crippen LogP contribution < -0.4 is 10.1 Å². The molecule has 0 unspecified atom stereocenters. The van der Waals surface area contributed by atoms with Crippen LogP contribution >= 0.6 is 11.3 Å². The van der Waals surface area contributed by atoms with Gasteiger partial charge in [0.15, 0.2) is 0 Å². The van der Waals surface area contributed by atoms with Crippen LogP contribution in [0, 0.1) is 18.7 Å². The van der Waals surface area contributed by atoms with Gasteiger partial charge < -0.3 is 10.1 Å². The number of nitrogens with zero attached hydrogens (tertiary/aromatic N) is 1. The van der Waals surface area contributed by atoms with Crippen LogP contribution in [0.25, 0.3) is 0 Å². The quantitative estimate of drug-likeness (QED) is 0.842. The first-order valence-electron chi connectivity index (χ1n) is 7.07. The van der Waals surface area contributed by atoms with Gasteiger partial charge in [-0.2, -0.15) is 0 Å². The fraction of sp³-hybridized carbons (Fsp3) is 0.438. The van der Waals surface area contributed by atoms with Gasteiger partial charge in [0.05, 0.1) is 10.7 Å². The van der Waals surface area contributed by atoms with E-state index in [0.29, 0.717) is 24.8 Å². The molecule has 0 atom stereocenters. The summed E-state index contributed by atoms with van der Waals surface area (Å²) in [5, 5.41) is 6.31. The molecule has 0 amide bonds. The molecule has 0 saturated heterocycles. The van der Waals surface area contributed by atoms with Gasteiger partial charge in [0.25, 0.3) is 0 Å². The Labute approximate surface area is 129 Å². The minimum Gasteiger partial charge on any atom is -0.487 e. The van der Waals surface area contributed by atoms with E-state index in [1.54, 1.807) is 17.4 Å². The molecular formula is C16H21FN2OS. The SMILES string of the molecule is Cc1nc(COc2ccc(F)cc2CNCC(C)C)cs1. The molecule has 0 aliphatic carbocycles. The van der Waals surface area contributed by atoms with E-state index in [2.05, 4.69) is 24.1 Å². The molecule has 0 aliphatic rings. The molecule has 114 valence electrons. The van der Waals surface area contributed by atoms with Crippen molar-refractivity contribution in [1.29, 1.82) is 0 Å². The summed E-state index contributed by atoms with van der Waals surface area (Å²) in [5.74, 6) is 1.02. The van der Waals surface area contributed by atoms with E-state index in [1.165, 1.54) is 12.1 Å². The number of aromatic nitrogens is 1. The van der Waals surface area contributed by atoms with Gasteiger partial charge in [-0.05, 0) is 37.6 Å². The van der Waals surface area contributed by atoms with E-state index in [9.17, 15) is 4.39 Å². The van der Waals surface area contributed by atoms with E-state index in [-0.39, 0.29) is 5.82 Å². The topological polar surface area (TPSA) is 34.1 Å². The molecular weight excluding hydrogens is 287 g/mol. The largest absolute Gasteiger partial charge is 0.487 e. The molecule has 3 nitrogen and oxygen atoms in total. The van der Waals surface area contributed by atoms with E-state index >= 15 is 0 Å². The zero-order valence-electron chi connectivity index (χ0n) is 12.6.